The summed E-state index contributed by atoms with van der Waals surface area (Å²) in [6.45, 7) is 0. The van der Waals surface area contributed by atoms with Gasteiger partial charge in [0, 0.05) is 7.05 Å². The zero-order chi connectivity index (χ0) is 15.6. The van der Waals surface area contributed by atoms with E-state index in [1.807, 2.05) is 6.07 Å². The molecule has 0 fully saturated rings. The normalized spacial score (nSPS) is 11.0. The fraction of sp³-hybridized carbons (Fsp3) is 0.0714. The molecule has 21 heavy (non-hydrogen) atoms. The molecule has 0 N–H and O–H groups in total. The van der Waals surface area contributed by atoms with Crippen molar-refractivity contribution < 1.29 is 17.2 Å². The summed E-state index contributed by atoms with van der Waals surface area (Å²) >= 11 is 0. The minimum Gasteiger partial charge on any atom is -0.269 e. The topological polar surface area (TPSA) is 61.2 Å². The Labute approximate surface area is 120 Å². The molecule has 4 nitrogen and oxygen atoms in total. The molecule has 0 unspecified atom stereocenters. The molecule has 7 heteroatoms. The molecule has 2 rings (SSSR count). The van der Waals surface area contributed by atoms with Gasteiger partial charge in [0.1, 0.15) is 4.90 Å². The van der Waals surface area contributed by atoms with Crippen LogP contribution < -0.4 is 4.31 Å². The molecule has 0 atom stereocenters. The highest BCUT2D eigenvalue weighted by Gasteiger charge is 2.26. The summed E-state index contributed by atoms with van der Waals surface area (Å²) in [5.41, 5.74) is 0.437. The number of nitrogens with zero attached hydrogens (tertiary/aromatic N) is 2. The maximum absolute atomic E-state index is 13.7. The minimum absolute atomic E-state index is 0.178. The molecule has 0 radical (unpaired) electrons. The summed E-state index contributed by atoms with van der Waals surface area (Å²) in [5, 5.41) is 8.82. The molecule has 0 spiro atoms. The SMILES string of the molecule is CN(c1cccc(C#N)c1)S(=O)(=O)c1cccc(F)c1F. The number of halogens is 2. The van der Waals surface area contributed by atoms with E-state index in [4.69, 9.17) is 5.26 Å². The van der Waals surface area contributed by atoms with Crippen molar-refractivity contribution in [3.8, 4) is 6.07 Å². The molecule has 0 heterocycles. The monoisotopic (exact) mass is 308 g/mol. The van der Waals surface area contributed by atoms with Gasteiger partial charge in [-0.1, -0.05) is 12.1 Å². The van der Waals surface area contributed by atoms with E-state index >= 15 is 0 Å². The number of sulfonamides is 1. The molecule has 0 saturated heterocycles. The molecule has 0 aromatic heterocycles. The first kappa shape index (κ1) is 14.9. The van der Waals surface area contributed by atoms with Crippen LogP contribution in [0.25, 0.3) is 0 Å². The average molecular weight is 308 g/mol. The number of benzene rings is 2. The van der Waals surface area contributed by atoms with Gasteiger partial charge in [-0.15, -0.1) is 0 Å². The highest BCUT2D eigenvalue weighted by molar-refractivity contribution is 7.92. The fourth-order valence-corrected chi connectivity index (χ4v) is 3.00. The van der Waals surface area contributed by atoms with E-state index < -0.39 is 26.6 Å². The van der Waals surface area contributed by atoms with Crippen molar-refractivity contribution in [1.82, 2.24) is 0 Å². The molecule has 0 saturated carbocycles. The van der Waals surface area contributed by atoms with E-state index in [0.717, 1.165) is 22.5 Å². The second-order valence-corrected chi connectivity index (χ2v) is 6.12. The van der Waals surface area contributed by atoms with E-state index in [1.165, 1.54) is 31.3 Å². The van der Waals surface area contributed by atoms with Crippen LogP contribution in [0.15, 0.2) is 47.4 Å². The third kappa shape index (κ3) is 2.71. The molecule has 2 aromatic rings. The van der Waals surface area contributed by atoms with Crippen LogP contribution in [-0.4, -0.2) is 15.5 Å². The lowest BCUT2D eigenvalue weighted by molar-refractivity contribution is 0.484. The van der Waals surface area contributed by atoms with E-state index in [0.29, 0.717) is 0 Å². The van der Waals surface area contributed by atoms with Gasteiger partial charge < -0.3 is 0 Å². The Morgan fingerprint density at radius 3 is 2.48 bits per heavy atom. The Morgan fingerprint density at radius 2 is 1.81 bits per heavy atom. The highest BCUT2D eigenvalue weighted by atomic mass is 32.2. The summed E-state index contributed by atoms with van der Waals surface area (Å²) in [6.07, 6.45) is 0. The summed E-state index contributed by atoms with van der Waals surface area (Å²) in [7, 11) is -3.06. The highest BCUT2D eigenvalue weighted by Crippen LogP contribution is 2.25. The van der Waals surface area contributed by atoms with Crippen LogP contribution in [0, 0.1) is 23.0 Å². The van der Waals surface area contributed by atoms with Crippen molar-refractivity contribution in [3.05, 3.63) is 59.7 Å². The van der Waals surface area contributed by atoms with E-state index in [1.54, 1.807) is 0 Å². The predicted molar refractivity (Wildman–Crippen MR) is 73.1 cm³/mol. The van der Waals surface area contributed by atoms with Crippen molar-refractivity contribution in [2.75, 3.05) is 11.4 Å². The quantitative estimate of drug-likeness (QED) is 0.876. The Bertz CT molecular complexity index is 829. The Balaban J connectivity index is 2.53. The molecule has 0 aliphatic carbocycles. The molecular formula is C14H10F2N2O2S. The van der Waals surface area contributed by atoms with E-state index in [2.05, 4.69) is 0 Å². The Kier molecular flexibility index (Phi) is 3.91. The molecular weight excluding hydrogens is 298 g/mol. The van der Waals surface area contributed by atoms with Crippen LogP contribution in [0.2, 0.25) is 0 Å². The van der Waals surface area contributed by atoms with Gasteiger partial charge in [0.2, 0.25) is 0 Å². The summed E-state index contributed by atoms with van der Waals surface area (Å²) in [4.78, 5) is -0.757. The number of hydrogen-bond acceptors (Lipinski definition) is 3. The van der Waals surface area contributed by atoms with Gasteiger partial charge in [-0.25, -0.2) is 17.2 Å². The van der Waals surface area contributed by atoms with E-state index in [9.17, 15) is 17.2 Å². The minimum atomic E-state index is -4.26. The maximum Gasteiger partial charge on any atom is 0.267 e. The predicted octanol–water partition coefficient (Wildman–Crippen LogP) is 2.66. The van der Waals surface area contributed by atoms with Gasteiger partial charge in [0.15, 0.2) is 11.6 Å². The fourth-order valence-electron chi connectivity index (χ4n) is 1.74. The van der Waals surface area contributed by atoms with Crippen LogP contribution in [0.5, 0.6) is 0 Å². The zero-order valence-electron chi connectivity index (χ0n) is 10.9. The third-order valence-electron chi connectivity index (χ3n) is 2.89. The van der Waals surface area contributed by atoms with Gasteiger partial charge in [-0.2, -0.15) is 5.26 Å². The summed E-state index contributed by atoms with van der Waals surface area (Å²) in [6, 6.07) is 10.6. The van der Waals surface area contributed by atoms with Crippen LogP contribution in [0.1, 0.15) is 5.56 Å². The number of hydrogen-bond donors (Lipinski definition) is 0. The van der Waals surface area contributed by atoms with E-state index in [-0.39, 0.29) is 11.3 Å². The first-order valence-electron chi connectivity index (χ1n) is 5.81. The summed E-state index contributed by atoms with van der Waals surface area (Å²) in [5.74, 6) is -2.67. The van der Waals surface area contributed by atoms with Crippen LogP contribution in [-0.2, 0) is 10.0 Å². The van der Waals surface area contributed by atoms with Gasteiger partial charge in [-0.05, 0) is 30.3 Å². The lowest BCUT2D eigenvalue weighted by Gasteiger charge is -2.20. The van der Waals surface area contributed by atoms with Gasteiger partial charge in [0.25, 0.3) is 10.0 Å². The van der Waals surface area contributed by atoms with Crippen molar-refractivity contribution >= 4 is 15.7 Å². The first-order chi connectivity index (χ1) is 9.87. The van der Waals surface area contributed by atoms with Crippen molar-refractivity contribution in [2.24, 2.45) is 0 Å². The lowest BCUT2D eigenvalue weighted by Crippen LogP contribution is -2.27. The molecule has 0 bridgehead atoms. The first-order valence-corrected chi connectivity index (χ1v) is 7.25. The van der Waals surface area contributed by atoms with Crippen LogP contribution in [0.4, 0.5) is 14.5 Å². The number of rotatable bonds is 3. The zero-order valence-corrected chi connectivity index (χ0v) is 11.7. The Hall–Kier alpha value is -2.46. The molecule has 0 amide bonds. The van der Waals surface area contributed by atoms with Crippen LogP contribution >= 0.6 is 0 Å². The third-order valence-corrected chi connectivity index (χ3v) is 4.70. The average Bonchev–Trinajstić information content (AvgIpc) is 2.49. The van der Waals surface area contributed by atoms with Crippen molar-refractivity contribution in [3.63, 3.8) is 0 Å². The summed E-state index contributed by atoms with van der Waals surface area (Å²) < 4.78 is 52.4. The molecule has 0 aliphatic heterocycles. The molecule has 108 valence electrons. The van der Waals surface area contributed by atoms with Gasteiger partial charge in [0.05, 0.1) is 17.3 Å². The number of nitriles is 1. The standard InChI is InChI=1S/C14H10F2N2O2S/c1-18(11-5-2-4-10(8-11)9-17)21(19,20)13-7-3-6-12(15)14(13)16/h2-8H,1H3. The Morgan fingerprint density at radius 1 is 1.14 bits per heavy atom. The largest absolute Gasteiger partial charge is 0.269 e. The molecule has 0 aliphatic rings. The van der Waals surface area contributed by atoms with Crippen molar-refractivity contribution in [2.45, 2.75) is 4.90 Å². The van der Waals surface area contributed by atoms with Gasteiger partial charge in [-0.3, -0.25) is 4.31 Å². The molecule has 2 aromatic carbocycles. The van der Waals surface area contributed by atoms with Crippen LogP contribution in [0.3, 0.4) is 0 Å². The maximum atomic E-state index is 13.7. The van der Waals surface area contributed by atoms with Crippen molar-refractivity contribution in [1.29, 1.82) is 5.26 Å². The lowest BCUT2D eigenvalue weighted by atomic mass is 10.2. The number of anilines is 1. The van der Waals surface area contributed by atoms with Gasteiger partial charge >= 0.3 is 0 Å². The second kappa shape index (κ2) is 5.50. The second-order valence-electron chi connectivity index (χ2n) is 4.19. The smallest absolute Gasteiger partial charge is 0.267 e.